The highest BCUT2D eigenvalue weighted by Gasteiger charge is 2.37. The van der Waals surface area contributed by atoms with Crippen LogP contribution in [0.3, 0.4) is 0 Å². The van der Waals surface area contributed by atoms with Crippen LogP contribution in [-0.2, 0) is 5.41 Å². The van der Waals surface area contributed by atoms with Gasteiger partial charge in [0.2, 0.25) is 0 Å². The van der Waals surface area contributed by atoms with E-state index in [1.54, 1.807) is 0 Å². The molecule has 3 aromatic rings. The lowest BCUT2D eigenvalue weighted by atomic mass is 9.74. The topological polar surface area (TPSA) is 23.6 Å². The third kappa shape index (κ3) is 5.65. The average Bonchev–Trinajstić information content (AvgIpc) is 3.27. The highest BCUT2D eigenvalue weighted by molar-refractivity contribution is 6.42. The minimum absolute atomic E-state index is 0.0386. The van der Waals surface area contributed by atoms with Gasteiger partial charge in [-0.1, -0.05) is 83.4 Å². The van der Waals surface area contributed by atoms with Crippen molar-refractivity contribution in [3.05, 3.63) is 111 Å². The Kier molecular flexibility index (Phi) is 7.76. The molecule has 0 aromatic heterocycles. The molecule has 0 radical (unpaired) electrons. The minimum Gasteiger partial charge on any atom is -0.341 e. The molecule has 1 aliphatic carbocycles. The van der Waals surface area contributed by atoms with Gasteiger partial charge in [0.25, 0.3) is 5.91 Å². The number of benzene rings is 3. The SMILES string of the molecule is Cc1ccc(C(=O)N(C)C[C@@H](CCN2CCC3(C=Cc4ccccc43)CC2)c2ccc(Cl)c(Cl)c2)cc1. The number of carbonyl (C=O) groups excluding carboxylic acids is 1. The Hall–Kier alpha value is -2.59. The van der Waals surface area contributed by atoms with Crippen LogP contribution in [0, 0.1) is 6.92 Å². The number of fused-ring (bicyclic) bond motifs is 2. The molecule has 1 fully saturated rings. The average molecular weight is 534 g/mol. The van der Waals surface area contributed by atoms with Crippen LogP contribution in [0.5, 0.6) is 0 Å². The molecular weight excluding hydrogens is 499 g/mol. The van der Waals surface area contributed by atoms with E-state index in [9.17, 15) is 4.79 Å². The van der Waals surface area contributed by atoms with Gasteiger partial charge in [0, 0.05) is 30.5 Å². The number of amides is 1. The van der Waals surface area contributed by atoms with Gasteiger partial charge in [-0.25, -0.2) is 0 Å². The van der Waals surface area contributed by atoms with Crippen molar-refractivity contribution < 1.29 is 4.79 Å². The molecule has 0 saturated carbocycles. The number of hydrogen-bond acceptors (Lipinski definition) is 2. The molecule has 3 nitrogen and oxygen atoms in total. The monoisotopic (exact) mass is 532 g/mol. The van der Waals surface area contributed by atoms with E-state index in [4.69, 9.17) is 23.2 Å². The first-order valence-electron chi connectivity index (χ1n) is 13.1. The van der Waals surface area contributed by atoms with E-state index in [1.165, 1.54) is 11.1 Å². The number of likely N-dealkylation sites (N-methyl/N-ethyl adjacent to an activating group) is 1. The fraction of sp³-hybridized carbons (Fsp3) is 0.344. The summed E-state index contributed by atoms with van der Waals surface area (Å²) in [5.74, 6) is 0.203. The maximum absolute atomic E-state index is 13.2. The number of carbonyl (C=O) groups is 1. The van der Waals surface area contributed by atoms with E-state index < -0.39 is 0 Å². The van der Waals surface area contributed by atoms with Gasteiger partial charge >= 0.3 is 0 Å². The fourth-order valence-electron chi connectivity index (χ4n) is 5.84. The molecule has 0 N–H and O–H groups in total. The summed E-state index contributed by atoms with van der Waals surface area (Å²) in [4.78, 5) is 17.6. The summed E-state index contributed by atoms with van der Waals surface area (Å²) < 4.78 is 0. The Balaban J connectivity index is 1.26. The third-order valence-corrected chi connectivity index (χ3v) is 8.91. The van der Waals surface area contributed by atoms with E-state index in [2.05, 4.69) is 47.4 Å². The molecule has 2 aliphatic rings. The predicted molar refractivity (Wildman–Crippen MR) is 155 cm³/mol. The lowest BCUT2D eigenvalue weighted by Gasteiger charge is -2.40. The van der Waals surface area contributed by atoms with Crippen LogP contribution in [0.2, 0.25) is 10.0 Å². The summed E-state index contributed by atoms with van der Waals surface area (Å²) in [5.41, 5.74) is 6.03. The molecule has 0 bridgehead atoms. The summed E-state index contributed by atoms with van der Waals surface area (Å²) in [7, 11) is 1.89. The van der Waals surface area contributed by atoms with Crippen molar-refractivity contribution in [2.24, 2.45) is 0 Å². The van der Waals surface area contributed by atoms with Crippen LogP contribution in [0.4, 0.5) is 0 Å². The second kappa shape index (κ2) is 11.0. The largest absolute Gasteiger partial charge is 0.341 e. The van der Waals surface area contributed by atoms with Crippen molar-refractivity contribution in [1.82, 2.24) is 9.80 Å². The van der Waals surface area contributed by atoms with Crippen LogP contribution in [0.15, 0.2) is 72.8 Å². The van der Waals surface area contributed by atoms with Gasteiger partial charge < -0.3 is 9.80 Å². The van der Waals surface area contributed by atoms with Crippen molar-refractivity contribution >= 4 is 35.2 Å². The molecule has 0 unspecified atom stereocenters. The van der Waals surface area contributed by atoms with Crippen molar-refractivity contribution in [1.29, 1.82) is 0 Å². The Morgan fingerprint density at radius 1 is 1.00 bits per heavy atom. The summed E-state index contributed by atoms with van der Waals surface area (Å²) in [6, 6.07) is 22.5. The first kappa shape index (κ1) is 26.0. The van der Waals surface area contributed by atoms with Gasteiger partial charge in [0.1, 0.15) is 0 Å². The smallest absolute Gasteiger partial charge is 0.253 e. The zero-order chi connectivity index (χ0) is 26.0. The van der Waals surface area contributed by atoms with Crippen molar-refractivity contribution in [3.8, 4) is 0 Å². The van der Waals surface area contributed by atoms with Crippen LogP contribution in [-0.4, -0.2) is 48.9 Å². The molecule has 1 heterocycles. The minimum atomic E-state index is 0.0386. The van der Waals surface area contributed by atoms with Crippen molar-refractivity contribution in [2.45, 2.75) is 37.5 Å². The maximum Gasteiger partial charge on any atom is 0.253 e. The molecule has 5 heteroatoms. The number of rotatable bonds is 7. The first-order valence-corrected chi connectivity index (χ1v) is 13.9. The molecule has 1 saturated heterocycles. The third-order valence-electron chi connectivity index (χ3n) is 8.18. The summed E-state index contributed by atoms with van der Waals surface area (Å²) in [6.45, 7) is 5.79. The Labute approximate surface area is 230 Å². The molecule has 192 valence electrons. The summed E-state index contributed by atoms with van der Waals surface area (Å²) in [5, 5.41) is 1.11. The summed E-state index contributed by atoms with van der Waals surface area (Å²) >= 11 is 12.6. The molecule has 1 aliphatic heterocycles. The van der Waals surface area contributed by atoms with Crippen LogP contribution in [0.25, 0.3) is 6.08 Å². The van der Waals surface area contributed by atoms with Gasteiger partial charge in [-0.15, -0.1) is 0 Å². The van der Waals surface area contributed by atoms with Gasteiger partial charge in [0.15, 0.2) is 0 Å². The molecule has 37 heavy (non-hydrogen) atoms. The van der Waals surface area contributed by atoms with Gasteiger partial charge in [-0.05, 0) is 86.8 Å². The number of piperidine rings is 1. The number of aryl methyl sites for hydroxylation is 1. The zero-order valence-electron chi connectivity index (χ0n) is 21.6. The number of hydrogen-bond donors (Lipinski definition) is 0. The Bertz CT molecular complexity index is 1290. The van der Waals surface area contributed by atoms with E-state index in [-0.39, 0.29) is 17.2 Å². The number of likely N-dealkylation sites (tertiary alicyclic amines) is 1. The van der Waals surface area contributed by atoms with Gasteiger partial charge in [-0.3, -0.25) is 4.79 Å². The van der Waals surface area contributed by atoms with Crippen molar-refractivity contribution in [3.63, 3.8) is 0 Å². The van der Waals surface area contributed by atoms with Crippen LogP contribution in [0.1, 0.15) is 57.8 Å². The Morgan fingerprint density at radius 2 is 1.73 bits per heavy atom. The van der Waals surface area contributed by atoms with Gasteiger partial charge in [-0.2, -0.15) is 0 Å². The van der Waals surface area contributed by atoms with Crippen LogP contribution >= 0.6 is 23.2 Å². The second-order valence-electron chi connectivity index (χ2n) is 10.6. The molecule has 1 spiro atoms. The Morgan fingerprint density at radius 3 is 2.46 bits per heavy atom. The van der Waals surface area contributed by atoms with E-state index in [0.717, 1.165) is 50.0 Å². The standard InChI is InChI=1S/C32H34Cl2N2O/c1-23-7-9-25(10-8-23)31(37)35(2)22-27(26-11-12-29(33)30(34)21-26)14-18-36-19-16-32(17-20-36)15-13-24-5-3-4-6-28(24)32/h3-13,15,21,27H,14,16-20,22H2,1-2H3/t27-/m1/s1. The first-order chi connectivity index (χ1) is 17.8. The quantitative estimate of drug-likeness (QED) is 0.312. The lowest BCUT2D eigenvalue weighted by molar-refractivity contribution is 0.0781. The molecule has 1 amide bonds. The van der Waals surface area contributed by atoms with E-state index in [0.29, 0.717) is 22.2 Å². The van der Waals surface area contributed by atoms with Crippen molar-refractivity contribution in [2.75, 3.05) is 33.2 Å². The molecular formula is C32H34Cl2N2O. The molecule has 1 atom stereocenters. The van der Waals surface area contributed by atoms with E-state index in [1.807, 2.05) is 55.3 Å². The number of nitrogens with zero attached hydrogens (tertiary/aromatic N) is 2. The van der Waals surface area contributed by atoms with Gasteiger partial charge in [0.05, 0.1) is 10.0 Å². The maximum atomic E-state index is 13.2. The number of halogens is 2. The highest BCUT2D eigenvalue weighted by atomic mass is 35.5. The van der Waals surface area contributed by atoms with E-state index >= 15 is 0 Å². The second-order valence-corrected chi connectivity index (χ2v) is 11.4. The highest BCUT2D eigenvalue weighted by Crippen LogP contribution is 2.43. The number of allylic oxidation sites excluding steroid dienone is 1. The predicted octanol–water partition coefficient (Wildman–Crippen LogP) is 7.61. The zero-order valence-corrected chi connectivity index (χ0v) is 23.1. The molecule has 5 rings (SSSR count). The normalized spacial score (nSPS) is 17.1. The molecule has 3 aromatic carbocycles. The summed E-state index contributed by atoms with van der Waals surface area (Å²) in [6.07, 6.45) is 7.96. The lowest BCUT2D eigenvalue weighted by Crippen LogP contribution is -2.42. The van der Waals surface area contributed by atoms with Crippen LogP contribution < -0.4 is 0 Å². The fourth-order valence-corrected chi connectivity index (χ4v) is 6.15.